The van der Waals surface area contributed by atoms with Crippen molar-refractivity contribution in [3.8, 4) is 0 Å². The summed E-state index contributed by atoms with van der Waals surface area (Å²) in [7, 11) is -3.26. The number of hydrogen-bond acceptors (Lipinski definition) is 5. The lowest BCUT2D eigenvalue weighted by Gasteiger charge is -2.32. The Morgan fingerprint density at radius 2 is 1.93 bits per heavy atom. The van der Waals surface area contributed by atoms with Gasteiger partial charge in [-0.2, -0.15) is 0 Å². The zero-order chi connectivity index (χ0) is 20.3. The van der Waals surface area contributed by atoms with Gasteiger partial charge in [-0.1, -0.05) is 17.7 Å². The minimum atomic E-state index is -3.26. The number of benzene rings is 1. The Labute approximate surface area is 172 Å². The van der Waals surface area contributed by atoms with Gasteiger partial charge in [-0.25, -0.2) is 13.1 Å². The van der Waals surface area contributed by atoms with E-state index in [1.807, 2.05) is 0 Å². The second kappa shape index (κ2) is 8.60. The van der Waals surface area contributed by atoms with Gasteiger partial charge in [0.15, 0.2) is 0 Å². The molecule has 2 aromatic rings. The maximum atomic E-state index is 12.8. The first-order chi connectivity index (χ1) is 13.2. The molecule has 2 amide bonds. The number of nitrogens with zero attached hydrogens (tertiary/aromatic N) is 1. The van der Waals surface area contributed by atoms with E-state index in [0.717, 1.165) is 6.26 Å². The second-order valence-corrected chi connectivity index (χ2v) is 9.72. The molecule has 3 rings (SSSR count). The minimum absolute atomic E-state index is 0.162. The van der Waals surface area contributed by atoms with E-state index in [0.29, 0.717) is 47.1 Å². The van der Waals surface area contributed by atoms with Crippen LogP contribution in [0.4, 0.5) is 5.69 Å². The van der Waals surface area contributed by atoms with Crippen molar-refractivity contribution in [2.75, 3.05) is 24.7 Å². The standard InChI is InChI=1S/C18H20ClN3O4S2/c1-28(25,26)21-13-6-8-22(9-7-13)18(24)12-4-5-14(19)15(11-12)20-17(23)16-3-2-10-27-16/h2-5,10-11,13,21H,6-9H2,1H3,(H,20,23). The number of amides is 2. The summed E-state index contributed by atoms with van der Waals surface area (Å²) in [5.41, 5.74) is 0.792. The molecule has 0 aliphatic carbocycles. The van der Waals surface area contributed by atoms with Gasteiger partial charge >= 0.3 is 0 Å². The summed E-state index contributed by atoms with van der Waals surface area (Å²) in [5, 5.41) is 4.88. The summed E-state index contributed by atoms with van der Waals surface area (Å²) in [5.74, 6) is -0.463. The van der Waals surface area contributed by atoms with Gasteiger partial charge in [-0.05, 0) is 42.5 Å². The number of nitrogens with one attached hydrogen (secondary N) is 2. The van der Waals surface area contributed by atoms with E-state index in [-0.39, 0.29) is 17.9 Å². The van der Waals surface area contributed by atoms with Crippen LogP contribution in [0.15, 0.2) is 35.7 Å². The Bertz CT molecular complexity index is 969. The van der Waals surface area contributed by atoms with E-state index in [2.05, 4.69) is 10.0 Å². The van der Waals surface area contributed by atoms with Crippen molar-refractivity contribution < 1.29 is 18.0 Å². The Balaban J connectivity index is 1.67. The van der Waals surface area contributed by atoms with Crippen LogP contribution in [0.2, 0.25) is 5.02 Å². The number of piperidine rings is 1. The molecule has 2 heterocycles. The van der Waals surface area contributed by atoms with Crippen LogP contribution in [-0.2, 0) is 10.0 Å². The SMILES string of the molecule is CS(=O)(=O)NC1CCN(C(=O)c2ccc(Cl)c(NC(=O)c3cccs3)c2)CC1. The molecular formula is C18H20ClN3O4S2. The maximum absolute atomic E-state index is 12.8. The average molecular weight is 442 g/mol. The third kappa shape index (κ3) is 5.32. The molecule has 1 aliphatic rings. The summed E-state index contributed by atoms with van der Waals surface area (Å²) in [6.07, 6.45) is 2.23. The van der Waals surface area contributed by atoms with Crippen LogP contribution in [-0.4, -0.2) is 50.5 Å². The fraction of sp³-hybridized carbons (Fsp3) is 0.333. The zero-order valence-electron chi connectivity index (χ0n) is 15.1. The smallest absolute Gasteiger partial charge is 0.265 e. The van der Waals surface area contributed by atoms with E-state index in [1.54, 1.807) is 40.6 Å². The zero-order valence-corrected chi connectivity index (χ0v) is 17.5. The molecule has 0 saturated carbocycles. The molecule has 0 unspecified atom stereocenters. The third-order valence-corrected chi connectivity index (χ3v) is 6.33. The Hall–Kier alpha value is -1.94. The van der Waals surface area contributed by atoms with Crippen molar-refractivity contribution in [2.24, 2.45) is 0 Å². The third-order valence-electron chi connectivity index (χ3n) is 4.37. The predicted molar refractivity (Wildman–Crippen MR) is 111 cm³/mol. The molecule has 0 atom stereocenters. The molecule has 2 N–H and O–H groups in total. The van der Waals surface area contributed by atoms with Crippen LogP contribution in [0, 0.1) is 0 Å². The molecule has 10 heteroatoms. The molecule has 1 aromatic heterocycles. The highest BCUT2D eigenvalue weighted by Crippen LogP contribution is 2.26. The maximum Gasteiger partial charge on any atom is 0.265 e. The van der Waals surface area contributed by atoms with Crippen molar-refractivity contribution >= 4 is 50.5 Å². The van der Waals surface area contributed by atoms with Gasteiger partial charge in [0.1, 0.15) is 0 Å². The van der Waals surface area contributed by atoms with Crippen LogP contribution >= 0.6 is 22.9 Å². The molecule has 1 aliphatic heterocycles. The van der Waals surface area contributed by atoms with Crippen molar-refractivity contribution in [1.82, 2.24) is 9.62 Å². The van der Waals surface area contributed by atoms with Crippen molar-refractivity contribution in [2.45, 2.75) is 18.9 Å². The van der Waals surface area contributed by atoms with E-state index >= 15 is 0 Å². The number of halogens is 1. The van der Waals surface area contributed by atoms with Gasteiger partial charge in [-0.15, -0.1) is 11.3 Å². The van der Waals surface area contributed by atoms with Crippen molar-refractivity contribution in [3.63, 3.8) is 0 Å². The van der Waals surface area contributed by atoms with Crippen LogP contribution < -0.4 is 10.0 Å². The van der Waals surface area contributed by atoms with Crippen LogP contribution in [0.1, 0.15) is 32.9 Å². The van der Waals surface area contributed by atoms with Crippen LogP contribution in [0.5, 0.6) is 0 Å². The van der Waals surface area contributed by atoms with E-state index in [4.69, 9.17) is 11.6 Å². The topological polar surface area (TPSA) is 95.6 Å². The molecular weight excluding hydrogens is 422 g/mol. The second-order valence-electron chi connectivity index (χ2n) is 6.58. The highest BCUT2D eigenvalue weighted by molar-refractivity contribution is 7.88. The van der Waals surface area contributed by atoms with E-state index in [9.17, 15) is 18.0 Å². The van der Waals surface area contributed by atoms with Gasteiger partial charge < -0.3 is 10.2 Å². The highest BCUT2D eigenvalue weighted by atomic mass is 35.5. The van der Waals surface area contributed by atoms with E-state index < -0.39 is 10.0 Å². The number of anilines is 1. The molecule has 0 bridgehead atoms. The van der Waals surface area contributed by atoms with Gasteiger partial charge in [0.05, 0.1) is 21.8 Å². The highest BCUT2D eigenvalue weighted by Gasteiger charge is 2.25. The number of likely N-dealkylation sites (tertiary alicyclic amines) is 1. The average Bonchev–Trinajstić information content (AvgIpc) is 3.17. The number of sulfonamides is 1. The first-order valence-electron chi connectivity index (χ1n) is 8.64. The summed E-state index contributed by atoms with van der Waals surface area (Å²) in [4.78, 5) is 27.3. The first-order valence-corrected chi connectivity index (χ1v) is 11.8. The fourth-order valence-electron chi connectivity index (χ4n) is 3.03. The van der Waals surface area contributed by atoms with Gasteiger partial charge in [-0.3, -0.25) is 9.59 Å². The largest absolute Gasteiger partial charge is 0.339 e. The lowest BCUT2D eigenvalue weighted by molar-refractivity contribution is 0.0711. The lowest BCUT2D eigenvalue weighted by Crippen LogP contribution is -2.46. The Kier molecular flexibility index (Phi) is 6.39. The fourth-order valence-corrected chi connectivity index (χ4v) is 4.66. The molecule has 28 heavy (non-hydrogen) atoms. The van der Waals surface area contributed by atoms with E-state index in [1.165, 1.54) is 11.3 Å². The van der Waals surface area contributed by atoms with Gasteiger partial charge in [0, 0.05) is 24.7 Å². The summed E-state index contributed by atoms with van der Waals surface area (Å²) in [6.45, 7) is 0.900. The summed E-state index contributed by atoms with van der Waals surface area (Å²) < 4.78 is 25.3. The van der Waals surface area contributed by atoms with Crippen molar-refractivity contribution in [1.29, 1.82) is 0 Å². The monoisotopic (exact) mass is 441 g/mol. The molecule has 7 nitrogen and oxygen atoms in total. The molecule has 0 radical (unpaired) electrons. The van der Waals surface area contributed by atoms with Gasteiger partial charge in [0.2, 0.25) is 10.0 Å². The number of rotatable bonds is 5. The molecule has 0 spiro atoms. The Morgan fingerprint density at radius 3 is 2.54 bits per heavy atom. The summed E-state index contributed by atoms with van der Waals surface area (Å²) in [6, 6.07) is 8.09. The van der Waals surface area contributed by atoms with Gasteiger partial charge in [0.25, 0.3) is 11.8 Å². The van der Waals surface area contributed by atoms with Crippen molar-refractivity contribution in [3.05, 3.63) is 51.2 Å². The normalized spacial score (nSPS) is 15.4. The number of hydrogen-bond donors (Lipinski definition) is 2. The number of carbonyl (C=O) groups excluding carboxylic acids is 2. The van der Waals surface area contributed by atoms with Crippen LogP contribution in [0.3, 0.4) is 0 Å². The molecule has 1 aromatic carbocycles. The quantitative estimate of drug-likeness (QED) is 0.745. The lowest BCUT2D eigenvalue weighted by atomic mass is 10.0. The molecule has 1 saturated heterocycles. The number of thiophene rings is 1. The Morgan fingerprint density at radius 1 is 1.21 bits per heavy atom. The summed E-state index contributed by atoms with van der Waals surface area (Å²) >= 11 is 7.49. The predicted octanol–water partition coefficient (Wildman–Crippen LogP) is 2.81. The molecule has 150 valence electrons. The number of carbonyl (C=O) groups is 2. The minimum Gasteiger partial charge on any atom is -0.339 e. The first kappa shape index (κ1) is 20.8. The molecule has 1 fully saturated rings. The van der Waals surface area contributed by atoms with Crippen LogP contribution in [0.25, 0.3) is 0 Å².